The van der Waals surface area contributed by atoms with E-state index in [9.17, 15) is 4.79 Å². The molecule has 2 aromatic rings. The molecule has 1 heterocycles. The zero-order valence-electron chi connectivity index (χ0n) is 10.5. The molecule has 0 saturated heterocycles. The second-order valence-electron chi connectivity index (χ2n) is 4.24. The van der Waals surface area contributed by atoms with E-state index >= 15 is 0 Å². The lowest BCUT2D eigenvalue weighted by Gasteiger charge is -2.04. The summed E-state index contributed by atoms with van der Waals surface area (Å²) in [6.07, 6.45) is 3.20. The molecule has 18 heavy (non-hydrogen) atoms. The summed E-state index contributed by atoms with van der Waals surface area (Å²) >= 11 is 0. The van der Waals surface area contributed by atoms with Gasteiger partial charge in [-0.15, -0.1) is 0 Å². The second kappa shape index (κ2) is 6.21. The first kappa shape index (κ1) is 12.6. The fourth-order valence-electron chi connectivity index (χ4n) is 1.90. The Morgan fingerprint density at radius 1 is 1.39 bits per heavy atom. The predicted octanol–water partition coefficient (Wildman–Crippen LogP) is 1.86. The second-order valence-corrected chi connectivity index (χ2v) is 4.24. The topological polar surface area (TPSA) is 54.1 Å². The van der Waals surface area contributed by atoms with Gasteiger partial charge in [0.15, 0.2) is 0 Å². The first-order chi connectivity index (χ1) is 8.79. The highest BCUT2D eigenvalue weighted by Crippen LogP contribution is 2.15. The van der Waals surface area contributed by atoms with E-state index in [1.54, 1.807) is 7.11 Å². The number of carbonyl (C=O) groups is 1. The molecule has 1 aromatic heterocycles. The lowest BCUT2D eigenvalue weighted by Crippen LogP contribution is -2.27. The number of hydrogen-bond acceptors (Lipinski definition) is 2. The van der Waals surface area contributed by atoms with E-state index in [4.69, 9.17) is 4.74 Å². The van der Waals surface area contributed by atoms with Crippen molar-refractivity contribution in [2.75, 3.05) is 20.3 Å². The number of amides is 1. The number of aryl methyl sites for hydroxylation is 1. The molecule has 1 amide bonds. The molecule has 0 aliphatic heterocycles. The van der Waals surface area contributed by atoms with Gasteiger partial charge in [0, 0.05) is 31.8 Å². The van der Waals surface area contributed by atoms with Crippen LogP contribution < -0.4 is 5.32 Å². The van der Waals surface area contributed by atoms with E-state index in [-0.39, 0.29) is 5.91 Å². The van der Waals surface area contributed by atoms with Crippen molar-refractivity contribution < 1.29 is 9.53 Å². The fraction of sp³-hybridized carbons (Fsp3) is 0.357. The van der Waals surface area contributed by atoms with Crippen molar-refractivity contribution in [2.45, 2.75) is 12.8 Å². The van der Waals surface area contributed by atoms with E-state index in [1.807, 2.05) is 18.3 Å². The first-order valence-electron chi connectivity index (χ1n) is 6.11. The number of benzene rings is 1. The normalized spacial score (nSPS) is 10.7. The molecule has 0 fully saturated rings. The van der Waals surface area contributed by atoms with Crippen LogP contribution in [0, 0.1) is 0 Å². The highest BCUT2D eigenvalue weighted by atomic mass is 16.5. The predicted molar refractivity (Wildman–Crippen MR) is 71.5 cm³/mol. The minimum absolute atomic E-state index is 0.0706. The Bertz CT molecular complexity index is 519. The van der Waals surface area contributed by atoms with Gasteiger partial charge in [0.05, 0.1) is 6.61 Å². The maximum Gasteiger partial charge on any atom is 0.220 e. The lowest BCUT2D eigenvalue weighted by molar-refractivity contribution is -0.121. The summed E-state index contributed by atoms with van der Waals surface area (Å²) in [6, 6.07) is 8.26. The fourth-order valence-corrected chi connectivity index (χ4v) is 1.90. The van der Waals surface area contributed by atoms with Crippen LogP contribution in [0.2, 0.25) is 0 Å². The number of fused-ring (bicyclic) bond motifs is 1. The molecule has 96 valence electrons. The largest absolute Gasteiger partial charge is 0.383 e. The van der Waals surface area contributed by atoms with Gasteiger partial charge in [-0.1, -0.05) is 6.07 Å². The molecule has 2 N–H and O–H groups in total. The smallest absolute Gasteiger partial charge is 0.220 e. The summed E-state index contributed by atoms with van der Waals surface area (Å²) in [6.45, 7) is 1.13. The van der Waals surface area contributed by atoms with Crippen LogP contribution in [0.5, 0.6) is 0 Å². The van der Waals surface area contributed by atoms with Crippen LogP contribution in [0.3, 0.4) is 0 Å². The summed E-state index contributed by atoms with van der Waals surface area (Å²) in [5.41, 5.74) is 2.31. The van der Waals surface area contributed by atoms with Gasteiger partial charge in [-0.3, -0.25) is 4.79 Å². The van der Waals surface area contributed by atoms with Crippen LogP contribution in [0.4, 0.5) is 0 Å². The van der Waals surface area contributed by atoms with Gasteiger partial charge < -0.3 is 15.0 Å². The molecule has 4 nitrogen and oxygen atoms in total. The molecule has 0 unspecified atom stereocenters. The van der Waals surface area contributed by atoms with Crippen LogP contribution in [-0.2, 0) is 16.0 Å². The van der Waals surface area contributed by atoms with Crippen molar-refractivity contribution in [2.24, 2.45) is 0 Å². The summed E-state index contributed by atoms with van der Waals surface area (Å²) in [7, 11) is 1.62. The molecule has 0 aliphatic rings. The van der Waals surface area contributed by atoms with Gasteiger partial charge in [0.25, 0.3) is 0 Å². The minimum Gasteiger partial charge on any atom is -0.383 e. The maximum absolute atomic E-state index is 11.5. The molecule has 0 spiro atoms. The van der Waals surface area contributed by atoms with Crippen molar-refractivity contribution in [3.05, 3.63) is 36.0 Å². The van der Waals surface area contributed by atoms with Crippen LogP contribution in [0.25, 0.3) is 10.9 Å². The Hall–Kier alpha value is -1.81. The summed E-state index contributed by atoms with van der Waals surface area (Å²) < 4.78 is 4.88. The summed E-state index contributed by atoms with van der Waals surface area (Å²) in [4.78, 5) is 14.7. The number of aromatic amines is 1. The van der Waals surface area contributed by atoms with Crippen molar-refractivity contribution in [3.8, 4) is 0 Å². The van der Waals surface area contributed by atoms with Crippen LogP contribution in [0.15, 0.2) is 30.5 Å². The zero-order valence-corrected chi connectivity index (χ0v) is 10.5. The van der Waals surface area contributed by atoms with Crippen LogP contribution in [0.1, 0.15) is 12.0 Å². The van der Waals surface area contributed by atoms with E-state index in [0.717, 1.165) is 11.9 Å². The molecule has 4 heteroatoms. The number of aromatic nitrogens is 1. The number of hydrogen-bond donors (Lipinski definition) is 2. The van der Waals surface area contributed by atoms with Crippen molar-refractivity contribution >= 4 is 16.8 Å². The third-order valence-corrected chi connectivity index (χ3v) is 2.89. The Labute approximate surface area is 106 Å². The van der Waals surface area contributed by atoms with Crippen molar-refractivity contribution in [3.63, 3.8) is 0 Å². The lowest BCUT2D eigenvalue weighted by atomic mass is 10.1. The highest BCUT2D eigenvalue weighted by molar-refractivity contribution is 5.80. The highest BCUT2D eigenvalue weighted by Gasteiger charge is 2.02. The number of nitrogens with one attached hydrogen (secondary N) is 2. The van der Waals surface area contributed by atoms with E-state index in [2.05, 4.69) is 22.4 Å². The maximum atomic E-state index is 11.5. The van der Waals surface area contributed by atoms with E-state index in [1.165, 1.54) is 10.9 Å². The molecular formula is C14H18N2O2. The van der Waals surface area contributed by atoms with Crippen LogP contribution in [-0.4, -0.2) is 31.2 Å². The number of methoxy groups -OCH3 is 1. The summed E-state index contributed by atoms with van der Waals surface area (Å²) in [5.74, 6) is 0.0706. The average molecular weight is 246 g/mol. The Morgan fingerprint density at radius 2 is 2.28 bits per heavy atom. The van der Waals surface area contributed by atoms with E-state index in [0.29, 0.717) is 19.6 Å². The molecule has 0 aliphatic carbocycles. The first-order valence-corrected chi connectivity index (χ1v) is 6.11. The standard InChI is InChI=1S/C14H18N2O2/c1-18-9-8-16-14(17)5-3-11-2-4-13-12(10-11)6-7-15-13/h2,4,6-7,10,15H,3,5,8-9H2,1H3,(H,16,17). The van der Waals surface area contributed by atoms with Gasteiger partial charge in [0.1, 0.15) is 0 Å². The molecule has 1 aromatic carbocycles. The Kier molecular flexibility index (Phi) is 4.36. The van der Waals surface area contributed by atoms with Gasteiger partial charge >= 0.3 is 0 Å². The Morgan fingerprint density at radius 3 is 3.11 bits per heavy atom. The van der Waals surface area contributed by atoms with Gasteiger partial charge in [-0.05, 0) is 35.6 Å². The number of carbonyl (C=O) groups excluding carboxylic acids is 1. The van der Waals surface area contributed by atoms with E-state index < -0.39 is 0 Å². The van der Waals surface area contributed by atoms with Gasteiger partial charge in [-0.25, -0.2) is 0 Å². The van der Waals surface area contributed by atoms with Crippen LogP contribution >= 0.6 is 0 Å². The van der Waals surface area contributed by atoms with Gasteiger partial charge in [-0.2, -0.15) is 0 Å². The average Bonchev–Trinajstić information content (AvgIpc) is 2.84. The third kappa shape index (κ3) is 3.34. The monoisotopic (exact) mass is 246 g/mol. The number of rotatable bonds is 6. The Balaban J connectivity index is 1.83. The molecular weight excluding hydrogens is 228 g/mol. The minimum atomic E-state index is 0.0706. The zero-order chi connectivity index (χ0) is 12.8. The van der Waals surface area contributed by atoms with Gasteiger partial charge in [0.2, 0.25) is 5.91 Å². The number of H-pyrrole nitrogens is 1. The quantitative estimate of drug-likeness (QED) is 0.764. The number of ether oxygens (including phenoxy) is 1. The van der Waals surface area contributed by atoms with Crippen molar-refractivity contribution in [1.82, 2.24) is 10.3 Å². The third-order valence-electron chi connectivity index (χ3n) is 2.89. The molecule has 0 saturated carbocycles. The molecule has 0 bridgehead atoms. The summed E-state index contributed by atoms with van der Waals surface area (Å²) in [5, 5.41) is 4.00. The van der Waals surface area contributed by atoms with Crippen molar-refractivity contribution in [1.29, 1.82) is 0 Å². The molecule has 2 rings (SSSR count). The molecule has 0 radical (unpaired) electrons. The molecule has 0 atom stereocenters. The SMILES string of the molecule is COCCNC(=O)CCc1ccc2[nH]ccc2c1.